The molecular formula is C10H16F3NO2. The van der Waals surface area contributed by atoms with Crippen LogP contribution in [0.15, 0.2) is 0 Å². The van der Waals surface area contributed by atoms with E-state index < -0.39 is 24.6 Å². The molecule has 0 bridgehead atoms. The van der Waals surface area contributed by atoms with Gasteiger partial charge in [0.05, 0.1) is 6.42 Å². The quantitative estimate of drug-likeness (QED) is 0.820. The lowest BCUT2D eigenvalue weighted by Gasteiger charge is -2.36. The molecule has 1 saturated heterocycles. The lowest BCUT2D eigenvalue weighted by Crippen LogP contribution is -2.49. The fourth-order valence-electron chi connectivity index (χ4n) is 1.96. The molecule has 1 rings (SSSR count). The summed E-state index contributed by atoms with van der Waals surface area (Å²) >= 11 is 0. The predicted molar refractivity (Wildman–Crippen MR) is 52.1 cm³/mol. The van der Waals surface area contributed by atoms with E-state index in [0.717, 1.165) is 0 Å². The zero-order chi connectivity index (χ0) is 12.3. The lowest BCUT2D eigenvalue weighted by atomic mass is 9.97. The number of piperidine rings is 1. The molecule has 0 amide bonds. The van der Waals surface area contributed by atoms with Gasteiger partial charge in [0.25, 0.3) is 0 Å². The van der Waals surface area contributed by atoms with E-state index in [-0.39, 0.29) is 0 Å². The van der Waals surface area contributed by atoms with Gasteiger partial charge in [-0.3, -0.25) is 9.69 Å². The Hall–Kier alpha value is -0.780. The Labute approximate surface area is 92.2 Å². The van der Waals surface area contributed by atoms with E-state index in [1.54, 1.807) is 0 Å². The highest BCUT2D eigenvalue weighted by Gasteiger charge is 2.45. The number of hydrogen-bond acceptors (Lipinski definition) is 2. The summed E-state index contributed by atoms with van der Waals surface area (Å²) in [5.41, 5.74) is 0. The summed E-state index contributed by atoms with van der Waals surface area (Å²) in [6.07, 6.45) is -3.92. The molecule has 1 heterocycles. The van der Waals surface area contributed by atoms with Crippen LogP contribution in [0.25, 0.3) is 0 Å². The molecule has 1 aliphatic heterocycles. The molecule has 0 spiro atoms. The van der Waals surface area contributed by atoms with Crippen LogP contribution >= 0.6 is 0 Å². The van der Waals surface area contributed by atoms with Crippen molar-refractivity contribution in [1.29, 1.82) is 0 Å². The van der Waals surface area contributed by atoms with Crippen LogP contribution in [-0.2, 0) is 4.79 Å². The molecule has 1 N–H and O–H groups in total. The first-order valence-corrected chi connectivity index (χ1v) is 5.33. The number of carboxylic acid groups (broad SMARTS) is 1. The van der Waals surface area contributed by atoms with Crippen molar-refractivity contribution in [3.05, 3.63) is 0 Å². The second-order valence-electron chi connectivity index (χ2n) is 4.37. The number of halogens is 3. The van der Waals surface area contributed by atoms with E-state index in [1.165, 1.54) is 4.90 Å². The molecule has 0 saturated carbocycles. The Morgan fingerprint density at radius 3 is 2.31 bits per heavy atom. The SMILES string of the molecule is CC1CCN(C(CC(=O)O)C(F)(F)F)CC1. The van der Waals surface area contributed by atoms with Gasteiger partial charge in [-0.15, -0.1) is 0 Å². The van der Waals surface area contributed by atoms with Gasteiger partial charge in [0.1, 0.15) is 6.04 Å². The predicted octanol–water partition coefficient (Wildman–Crippen LogP) is 2.12. The number of rotatable bonds is 3. The average molecular weight is 239 g/mol. The summed E-state index contributed by atoms with van der Waals surface area (Å²) < 4.78 is 38.0. The molecule has 0 aromatic carbocycles. The highest BCUT2D eigenvalue weighted by atomic mass is 19.4. The first-order valence-electron chi connectivity index (χ1n) is 5.33. The third-order valence-corrected chi connectivity index (χ3v) is 3.00. The molecule has 94 valence electrons. The van der Waals surface area contributed by atoms with E-state index in [1.807, 2.05) is 6.92 Å². The molecule has 6 heteroatoms. The Morgan fingerprint density at radius 1 is 1.44 bits per heavy atom. The second kappa shape index (κ2) is 5.03. The lowest BCUT2D eigenvalue weighted by molar-refractivity contribution is -0.193. The van der Waals surface area contributed by atoms with Gasteiger partial charge in [-0.2, -0.15) is 13.2 Å². The molecule has 0 aromatic heterocycles. The maximum atomic E-state index is 12.7. The molecule has 1 aliphatic rings. The van der Waals surface area contributed by atoms with Gasteiger partial charge < -0.3 is 5.11 Å². The van der Waals surface area contributed by atoms with Gasteiger partial charge in [0.2, 0.25) is 0 Å². The number of nitrogens with zero attached hydrogens (tertiary/aromatic N) is 1. The summed E-state index contributed by atoms with van der Waals surface area (Å²) in [6, 6.07) is -1.84. The number of hydrogen-bond donors (Lipinski definition) is 1. The zero-order valence-electron chi connectivity index (χ0n) is 9.13. The van der Waals surface area contributed by atoms with Crippen molar-refractivity contribution < 1.29 is 23.1 Å². The fraction of sp³-hybridized carbons (Fsp3) is 0.900. The summed E-state index contributed by atoms with van der Waals surface area (Å²) in [5, 5.41) is 8.50. The van der Waals surface area contributed by atoms with Crippen LogP contribution in [-0.4, -0.2) is 41.3 Å². The Kier molecular flexibility index (Phi) is 4.18. The molecule has 1 atom stereocenters. The van der Waals surface area contributed by atoms with Crippen LogP contribution < -0.4 is 0 Å². The van der Waals surface area contributed by atoms with Gasteiger partial charge in [-0.05, 0) is 31.8 Å². The molecule has 0 aromatic rings. The Bertz CT molecular complexity index is 247. The molecule has 16 heavy (non-hydrogen) atoms. The van der Waals surface area contributed by atoms with Crippen molar-refractivity contribution >= 4 is 5.97 Å². The molecule has 0 radical (unpaired) electrons. The van der Waals surface area contributed by atoms with E-state index in [4.69, 9.17) is 5.11 Å². The third kappa shape index (κ3) is 3.66. The van der Waals surface area contributed by atoms with Gasteiger partial charge in [0, 0.05) is 0 Å². The van der Waals surface area contributed by atoms with Gasteiger partial charge in [0.15, 0.2) is 0 Å². The summed E-state index contributed by atoms with van der Waals surface area (Å²) in [6.45, 7) is 2.66. The standard InChI is InChI=1S/C10H16F3NO2/c1-7-2-4-14(5-3-7)8(6-9(15)16)10(11,12)13/h7-8H,2-6H2,1H3,(H,15,16). The fourth-order valence-corrected chi connectivity index (χ4v) is 1.96. The van der Waals surface area contributed by atoms with Crippen molar-refractivity contribution in [1.82, 2.24) is 4.90 Å². The van der Waals surface area contributed by atoms with Crippen LogP contribution in [0.1, 0.15) is 26.2 Å². The van der Waals surface area contributed by atoms with Crippen molar-refractivity contribution in [2.24, 2.45) is 5.92 Å². The highest BCUT2D eigenvalue weighted by Crippen LogP contribution is 2.30. The number of alkyl halides is 3. The summed E-state index contributed by atoms with van der Waals surface area (Å²) in [7, 11) is 0. The Morgan fingerprint density at radius 2 is 1.94 bits per heavy atom. The first kappa shape index (κ1) is 13.3. The van der Waals surface area contributed by atoms with Crippen molar-refractivity contribution in [2.45, 2.75) is 38.4 Å². The zero-order valence-corrected chi connectivity index (χ0v) is 9.13. The van der Waals surface area contributed by atoms with Crippen LogP contribution in [0.2, 0.25) is 0 Å². The van der Waals surface area contributed by atoms with E-state index in [0.29, 0.717) is 31.8 Å². The van der Waals surface area contributed by atoms with Gasteiger partial charge >= 0.3 is 12.1 Å². The summed E-state index contributed by atoms with van der Waals surface area (Å²) in [4.78, 5) is 11.7. The van der Waals surface area contributed by atoms with E-state index in [9.17, 15) is 18.0 Å². The van der Waals surface area contributed by atoms with Crippen molar-refractivity contribution in [2.75, 3.05) is 13.1 Å². The largest absolute Gasteiger partial charge is 0.481 e. The van der Waals surface area contributed by atoms with E-state index >= 15 is 0 Å². The van der Waals surface area contributed by atoms with Crippen LogP contribution in [0, 0.1) is 5.92 Å². The number of aliphatic carboxylic acids is 1. The van der Waals surface area contributed by atoms with Crippen LogP contribution in [0.5, 0.6) is 0 Å². The molecule has 0 aliphatic carbocycles. The minimum absolute atomic E-state index is 0.332. The second-order valence-corrected chi connectivity index (χ2v) is 4.37. The highest BCUT2D eigenvalue weighted by molar-refractivity contribution is 5.67. The number of carboxylic acids is 1. The maximum Gasteiger partial charge on any atom is 0.404 e. The van der Waals surface area contributed by atoms with Crippen molar-refractivity contribution in [3.8, 4) is 0 Å². The minimum Gasteiger partial charge on any atom is -0.481 e. The molecule has 1 fully saturated rings. The Balaban J connectivity index is 2.65. The van der Waals surface area contributed by atoms with Crippen LogP contribution in [0.4, 0.5) is 13.2 Å². The first-order chi connectivity index (χ1) is 7.30. The normalized spacial score (nSPS) is 22.0. The van der Waals surface area contributed by atoms with E-state index in [2.05, 4.69) is 0 Å². The van der Waals surface area contributed by atoms with Gasteiger partial charge in [-0.1, -0.05) is 6.92 Å². The number of carbonyl (C=O) groups is 1. The third-order valence-electron chi connectivity index (χ3n) is 3.00. The average Bonchev–Trinajstić information content (AvgIpc) is 2.14. The topological polar surface area (TPSA) is 40.5 Å². The van der Waals surface area contributed by atoms with Gasteiger partial charge in [-0.25, -0.2) is 0 Å². The molecule has 3 nitrogen and oxygen atoms in total. The smallest absolute Gasteiger partial charge is 0.404 e. The van der Waals surface area contributed by atoms with Crippen molar-refractivity contribution in [3.63, 3.8) is 0 Å². The monoisotopic (exact) mass is 239 g/mol. The minimum atomic E-state index is -4.46. The maximum absolute atomic E-state index is 12.7. The summed E-state index contributed by atoms with van der Waals surface area (Å²) in [5.74, 6) is -0.976. The molecule has 1 unspecified atom stereocenters. The van der Waals surface area contributed by atoms with Crippen LogP contribution in [0.3, 0.4) is 0 Å². The number of likely N-dealkylation sites (tertiary alicyclic amines) is 1. The molecular weight excluding hydrogens is 223 g/mol.